The van der Waals surface area contributed by atoms with Crippen molar-refractivity contribution in [3.63, 3.8) is 0 Å². The van der Waals surface area contributed by atoms with Crippen LogP contribution in [-0.4, -0.2) is 49.8 Å². The third kappa shape index (κ3) is 1.97. The van der Waals surface area contributed by atoms with E-state index < -0.39 is 48.5 Å². The van der Waals surface area contributed by atoms with Gasteiger partial charge in [-0.25, -0.2) is 9.18 Å². The van der Waals surface area contributed by atoms with Crippen molar-refractivity contribution in [1.82, 2.24) is 9.55 Å². The van der Waals surface area contributed by atoms with Gasteiger partial charge < -0.3 is 25.8 Å². The summed E-state index contributed by atoms with van der Waals surface area (Å²) in [5.41, 5.74) is 4.18. The number of hydrogen-bond donors (Lipinski definition) is 4. The lowest BCUT2D eigenvalue weighted by molar-refractivity contribution is -0.0553. The lowest BCUT2D eigenvalue weighted by Gasteiger charge is -2.17. The summed E-state index contributed by atoms with van der Waals surface area (Å²) < 4.78 is 19.0. The monoisotopic (exact) mass is 261 g/mol. The first-order chi connectivity index (χ1) is 8.45. The number of aliphatic hydroxyl groups excluding tert-OH is 3. The second-order valence-corrected chi connectivity index (χ2v) is 3.89. The van der Waals surface area contributed by atoms with Crippen LogP contribution in [0.4, 0.5) is 10.2 Å². The van der Waals surface area contributed by atoms with E-state index in [0.29, 0.717) is 4.57 Å². The molecule has 18 heavy (non-hydrogen) atoms. The molecule has 0 unspecified atom stereocenters. The molecular weight excluding hydrogens is 249 g/mol. The topological polar surface area (TPSA) is 131 Å². The van der Waals surface area contributed by atoms with Crippen molar-refractivity contribution in [2.45, 2.75) is 24.5 Å². The minimum absolute atomic E-state index is 0.547. The van der Waals surface area contributed by atoms with Crippen molar-refractivity contribution in [1.29, 1.82) is 0 Å². The summed E-state index contributed by atoms with van der Waals surface area (Å²) in [5, 5.41) is 28.1. The third-order valence-electron chi connectivity index (χ3n) is 2.73. The lowest BCUT2D eigenvalue weighted by Crippen LogP contribution is -2.36. The highest BCUT2D eigenvalue weighted by atomic mass is 19.1. The molecule has 0 aromatic carbocycles. The van der Waals surface area contributed by atoms with Gasteiger partial charge in [0.15, 0.2) is 17.9 Å². The average Bonchev–Trinajstić information content (AvgIpc) is 2.61. The van der Waals surface area contributed by atoms with Gasteiger partial charge in [-0.3, -0.25) is 4.57 Å². The van der Waals surface area contributed by atoms with E-state index in [1.165, 1.54) is 0 Å². The standard InChI is InChI=1S/C9H12FN3O5/c10-3-1-13(9(17)12-7(3)11)8-6(16)5(15)4(2-14)18-8/h1,4-6,8,14-16H,2H2,(H2,11,12,17)/t4-,5+,6-,8-/m1/s1. The largest absolute Gasteiger partial charge is 0.394 e. The van der Waals surface area contributed by atoms with Crippen LogP contribution < -0.4 is 11.4 Å². The molecule has 2 rings (SSSR count). The molecule has 9 heteroatoms. The highest BCUT2D eigenvalue weighted by Crippen LogP contribution is 2.28. The molecule has 0 saturated carbocycles. The zero-order valence-corrected chi connectivity index (χ0v) is 9.10. The molecule has 5 N–H and O–H groups in total. The molecule has 1 aromatic heterocycles. The molecule has 1 fully saturated rings. The molecule has 1 aliphatic heterocycles. The number of aliphatic hydroxyl groups is 3. The number of nitrogens with zero attached hydrogens (tertiary/aromatic N) is 2. The summed E-state index contributed by atoms with van der Waals surface area (Å²) in [6.45, 7) is -0.547. The minimum Gasteiger partial charge on any atom is -0.394 e. The van der Waals surface area contributed by atoms with Crippen molar-refractivity contribution in [3.05, 3.63) is 22.5 Å². The normalized spacial score (nSPS) is 31.8. The first kappa shape index (κ1) is 12.9. The summed E-state index contributed by atoms with van der Waals surface area (Å²) in [6.07, 6.45) is -4.52. The molecule has 2 heterocycles. The number of anilines is 1. The van der Waals surface area contributed by atoms with Gasteiger partial charge >= 0.3 is 5.69 Å². The first-order valence-electron chi connectivity index (χ1n) is 5.12. The highest BCUT2D eigenvalue weighted by molar-refractivity contribution is 5.26. The van der Waals surface area contributed by atoms with E-state index in [1.54, 1.807) is 0 Å². The van der Waals surface area contributed by atoms with Crippen LogP contribution in [0.2, 0.25) is 0 Å². The maximum absolute atomic E-state index is 13.2. The van der Waals surface area contributed by atoms with Crippen molar-refractivity contribution >= 4 is 5.82 Å². The van der Waals surface area contributed by atoms with E-state index >= 15 is 0 Å². The number of ether oxygens (including phenoxy) is 1. The van der Waals surface area contributed by atoms with E-state index in [0.717, 1.165) is 6.20 Å². The molecule has 1 aliphatic rings. The van der Waals surface area contributed by atoms with E-state index in [4.69, 9.17) is 15.6 Å². The predicted octanol–water partition coefficient (Wildman–Crippen LogP) is -2.42. The van der Waals surface area contributed by atoms with Crippen LogP contribution in [0, 0.1) is 5.82 Å². The lowest BCUT2D eigenvalue weighted by atomic mass is 10.1. The van der Waals surface area contributed by atoms with Crippen molar-refractivity contribution in [2.24, 2.45) is 0 Å². The molecule has 4 atom stereocenters. The van der Waals surface area contributed by atoms with Crippen LogP contribution in [0.5, 0.6) is 0 Å². The van der Waals surface area contributed by atoms with Gasteiger partial charge in [0.2, 0.25) is 0 Å². The summed E-state index contributed by atoms with van der Waals surface area (Å²) in [7, 11) is 0. The van der Waals surface area contributed by atoms with Gasteiger partial charge in [0.05, 0.1) is 12.8 Å². The van der Waals surface area contributed by atoms with Gasteiger partial charge in [-0.05, 0) is 0 Å². The number of nitrogens with two attached hydrogens (primary N) is 1. The summed E-state index contributed by atoms with van der Waals surface area (Å²) >= 11 is 0. The molecule has 1 saturated heterocycles. The SMILES string of the molecule is Nc1nc(=O)n([C@@H]2O[C@H](CO)[C@H](O)[C@H]2O)cc1F. The van der Waals surface area contributed by atoms with Gasteiger partial charge in [-0.2, -0.15) is 4.98 Å². The number of aromatic nitrogens is 2. The van der Waals surface area contributed by atoms with Crippen LogP contribution in [0.25, 0.3) is 0 Å². The van der Waals surface area contributed by atoms with E-state index in [2.05, 4.69) is 4.98 Å². The van der Waals surface area contributed by atoms with Gasteiger partial charge in [0.25, 0.3) is 0 Å². The van der Waals surface area contributed by atoms with E-state index in [-0.39, 0.29) is 0 Å². The molecule has 8 nitrogen and oxygen atoms in total. The van der Waals surface area contributed by atoms with Crippen LogP contribution in [0.3, 0.4) is 0 Å². The number of rotatable bonds is 2. The molecule has 0 aliphatic carbocycles. The Hall–Kier alpha value is -1.55. The maximum atomic E-state index is 13.2. The first-order valence-corrected chi connectivity index (χ1v) is 5.12. The zero-order valence-electron chi connectivity index (χ0n) is 9.10. The second-order valence-electron chi connectivity index (χ2n) is 3.89. The van der Waals surface area contributed by atoms with Gasteiger partial charge in [-0.15, -0.1) is 0 Å². The van der Waals surface area contributed by atoms with Crippen molar-refractivity contribution in [2.75, 3.05) is 12.3 Å². The predicted molar refractivity (Wildman–Crippen MR) is 55.9 cm³/mol. The summed E-state index contributed by atoms with van der Waals surface area (Å²) in [4.78, 5) is 14.7. The van der Waals surface area contributed by atoms with Gasteiger partial charge in [0, 0.05) is 0 Å². The Labute approximate surface area is 100 Å². The average molecular weight is 261 g/mol. The van der Waals surface area contributed by atoms with Crippen LogP contribution in [-0.2, 0) is 4.74 Å². The highest BCUT2D eigenvalue weighted by Gasteiger charge is 2.43. The van der Waals surface area contributed by atoms with Crippen molar-refractivity contribution in [3.8, 4) is 0 Å². The fourth-order valence-corrected chi connectivity index (χ4v) is 1.75. The van der Waals surface area contributed by atoms with Crippen LogP contribution >= 0.6 is 0 Å². The molecule has 0 spiro atoms. The van der Waals surface area contributed by atoms with Gasteiger partial charge in [-0.1, -0.05) is 0 Å². The Morgan fingerprint density at radius 3 is 2.72 bits per heavy atom. The second kappa shape index (κ2) is 4.61. The Bertz CT molecular complexity index is 507. The number of hydrogen-bond acceptors (Lipinski definition) is 7. The minimum atomic E-state index is -1.48. The Morgan fingerprint density at radius 1 is 1.50 bits per heavy atom. The zero-order chi connectivity index (χ0) is 13.4. The fourth-order valence-electron chi connectivity index (χ4n) is 1.75. The molecule has 0 amide bonds. The van der Waals surface area contributed by atoms with Crippen LogP contribution in [0.15, 0.2) is 11.0 Å². The number of halogens is 1. The quantitative estimate of drug-likeness (QED) is 0.465. The number of nitrogen functional groups attached to an aromatic ring is 1. The smallest absolute Gasteiger partial charge is 0.351 e. The fraction of sp³-hybridized carbons (Fsp3) is 0.556. The summed E-state index contributed by atoms with van der Waals surface area (Å²) in [5.74, 6) is -1.52. The molecule has 0 bridgehead atoms. The molecule has 0 radical (unpaired) electrons. The van der Waals surface area contributed by atoms with Crippen LogP contribution in [0.1, 0.15) is 6.23 Å². The third-order valence-corrected chi connectivity index (χ3v) is 2.73. The summed E-state index contributed by atoms with van der Waals surface area (Å²) in [6, 6.07) is 0. The van der Waals surface area contributed by atoms with Crippen molar-refractivity contribution < 1.29 is 24.4 Å². The Balaban J connectivity index is 2.39. The molecule has 1 aromatic rings. The van der Waals surface area contributed by atoms with E-state index in [1.807, 2.05) is 0 Å². The Morgan fingerprint density at radius 2 is 2.17 bits per heavy atom. The Kier molecular flexibility index (Phi) is 3.30. The molecule has 100 valence electrons. The van der Waals surface area contributed by atoms with Gasteiger partial charge in [0.1, 0.15) is 18.3 Å². The molecular formula is C9H12FN3O5. The maximum Gasteiger partial charge on any atom is 0.351 e. The van der Waals surface area contributed by atoms with E-state index in [9.17, 15) is 19.4 Å².